The Bertz CT molecular complexity index is 364. The first-order valence-corrected chi connectivity index (χ1v) is 5.11. The molecule has 0 heterocycles. The van der Waals surface area contributed by atoms with Gasteiger partial charge in [0.25, 0.3) is 5.91 Å². The minimum absolute atomic E-state index is 0.190. The van der Waals surface area contributed by atoms with Crippen LogP contribution in [0.4, 0.5) is 0 Å². The normalized spacial score (nSPS) is 12.3. The molecule has 1 atom stereocenters. The Morgan fingerprint density at radius 1 is 1.60 bits per heavy atom. The molecule has 0 bridgehead atoms. The highest BCUT2D eigenvalue weighted by molar-refractivity contribution is 6.30. The maximum Gasteiger partial charge on any atom is 0.251 e. The topological polar surface area (TPSA) is 49.3 Å². The van der Waals surface area contributed by atoms with Crippen molar-refractivity contribution in [3.63, 3.8) is 0 Å². The van der Waals surface area contributed by atoms with Crippen molar-refractivity contribution in [1.29, 1.82) is 0 Å². The van der Waals surface area contributed by atoms with Gasteiger partial charge in [0.2, 0.25) is 0 Å². The Morgan fingerprint density at radius 2 is 2.27 bits per heavy atom. The lowest BCUT2D eigenvalue weighted by atomic mass is 10.1. The van der Waals surface area contributed by atoms with Crippen LogP contribution < -0.4 is 5.32 Å². The standard InChI is InChI=1S/C11H14ClNO2/c1-7-5-9(12)3-4-10(7)11(15)13-6-8(2)14/h3-5,8,14H,6H2,1-2H3,(H,13,15)/t8-/m1/s1. The van der Waals surface area contributed by atoms with Gasteiger partial charge in [0.1, 0.15) is 0 Å². The first-order chi connectivity index (χ1) is 7.00. The van der Waals surface area contributed by atoms with Crippen LogP contribution in [0.25, 0.3) is 0 Å². The predicted molar refractivity (Wildman–Crippen MR) is 60.2 cm³/mol. The number of benzene rings is 1. The number of carbonyl (C=O) groups is 1. The maximum atomic E-state index is 11.6. The molecule has 0 fully saturated rings. The predicted octanol–water partition coefficient (Wildman–Crippen LogP) is 1.76. The number of hydrogen-bond acceptors (Lipinski definition) is 2. The highest BCUT2D eigenvalue weighted by atomic mass is 35.5. The van der Waals surface area contributed by atoms with Crippen molar-refractivity contribution < 1.29 is 9.90 Å². The lowest BCUT2D eigenvalue weighted by Gasteiger charge is -2.09. The molecular weight excluding hydrogens is 214 g/mol. The van der Waals surface area contributed by atoms with Gasteiger partial charge in [0.05, 0.1) is 6.10 Å². The van der Waals surface area contributed by atoms with Crippen LogP contribution in [0, 0.1) is 6.92 Å². The van der Waals surface area contributed by atoms with Crippen LogP contribution >= 0.6 is 11.6 Å². The van der Waals surface area contributed by atoms with E-state index in [-0.39, 0.29) is 12.5 Å². The van der Waals surface area contributed by atoms with Crippen LogP contribution in [0.3, 0.4) is 0 Å². The Hall–Kier alpha value is -1.06. The minimum Gasteiger partial charge on any atom is -0.392 e. The monoisotopic (exact) mass is 227 g/mol. The molecule has 0 aliphatic heterocycles. The highest BCUT2D eigenvalue weighted by Crippen LogP contribution is 2.14. The number of rotatable bonds is 3. The van der Waals surface area contributed by atoms with E-state index >= 15 is 0 Å². The molecule has 0 unspecified atom stereocenters. The zero-order chi connectivity index (χ0) is 11.4. The van der Waals surface area contributed by atoms with Crippen molar-refractivity contribution >= 4 is 17.5 Å². The summed E-state index contributed by atoms with van der Waals surface area (Å²) in [5.41, 5.74) is 1.41. The zero-order valence-corrected chi connectivity index (χ0v) is 9.51. The number of aliphatic hydroxyl groups is 1. The van der Waals surface area contributed by atoms with E-state index in [2.05, 4.69) is 5.32 Å². The minimum atomic E-state index is -0.540. The third-order valence-electron chi connectivity index (χ3n) is 1.99. The summed E-state index contributed by atoms with van der Waals surface area (Å²) in [6.45, 7) is 3.69. The number of halogens is 1. The van der Waals surface area contributed by atoms with Gasteiger partial charge >= 0.3 is 0 Å². The molecule has 3 nitrogen and oxygen atoms in total. The fraction of sp³-hybridized carbons (Fsp3) is 0.364. The summed E-state index contributed by atoms with van der Waals surface area (Å²) >= 11 is 5.78. The largest absolute Gasteiger partial charge is 0.392 e. The van der Waals surface area contributed by atoms with Crippen LogP contribution in [0.1, 0.15) is 22.8 Å². The molecule has 0 aliphatic carbocycles. The molecule has 15 heavy (non-hydrogen) atoms. The maximum absolute atomic E-state index is 11.6. The van der Waals surface area contributed by atoms with Crippen molar-refractivity contribution in [1.82, 2.24) is 5.32 Å². The summed E-state index contributed by atoms with van der Waals surface area (Å²) in [4.78, 5) is 11.6. The molecule has 82 valence electrons. The first-order valence-electron chi connectivity index (χ1n) is 4.73. The summed E-state index contributed by atoms with van der Waals surface area (Å²) in [5, 5.41) is 12.3. The lowest BCUT2D eigenvalue weighted by Crippen LogP contribution is -2.30. The summed E-state index contributed by atoms with van der Waals surface area (Å²) in [7, 11) is 0. The number of aryl methyl sites for hydroxylation is 1. The number of carbonyl (C=O) groups excluding carboxylic acids is 1. The summed E-state index contributed by atoms with van der Waals surface area (Å²) in [5.74, 6) is -0.190. The van der Waals surface area contributed by atoms with Crippen LogP contribution in [-0.4, -0.2) is 23.7 Å². The molecule has 0 radical (unpaired) electrons. The second-order valence-corrected chi connectivity index (χ2v) is 3.95. The van der Waals surface area contributed by atoms with Crippen LogP contribution in [0.2, 0.25) is 5.02 Å². The van der Waals surface area contributed by atoms with Gasteiger partial charge in [0.15, 0.2) is 0 Å². The van der Waals surface area contributed by atoms with Gasteiger partial charge in [-0.1, -0.05) is 11.6 Å². The van der Waals surface area contributed by atoms with E-state index in [1.807, 2.05) is 6.92 Å². The second kappa shape index (κ2) is 5.14. The summed E-state index contributed by atoms with van der Waals surface area (Å²) in [6.07, 6.45) is -0.540. The van der Waals surface area contributed by atoms with Gasteiger partial charge in [0, 0.05) is 17.1 Å². The molecule has 0 saturated heterocycles. The number of nitrogens with one attached hydrogen (secondary N) is 1. The molecule has 0 aliphatic rings. The van der Waals surface area contributed by atoms with Gasteiger partial charge in [-0.3, -0.25) is 4.79 Å². The van der Waals surface area contributed by atoms with Crippen LogP contribution in [0.15, 0.2) is 18.2 Å². The SMILES string of the molecule is Cc1cc(Cl)ccc1C(=O)NC[C@@H](C)O. The number of amides is 1. The third-order valence-corrected chi connectivity index (χ3v) is 2.23. The van der Waals surface area contributed by atoms with Crippen molar-refractivity contribution in [2.45, 2.75) is 20.0 Å². The zero-order valence-electron chi connectivity index (χ0n) is 8.75. The molecule has 1 amide bonds. The van der Waals surface area contributed by atoms with Gasteiger partial charge < -0.3 is 10.4 Å². The molecule has 0 aromatic heterocycles. The smallest absolute Gasteiger partial charge is 0.251 e. The molecule has 1 rings (SSSR count). The highest BCUT2D eigenvalue weighted by Gasteiger charge is 2.09. The quantitative estimate of drug-likeness (QED) is 0.827. The molecule has 2 N–H and O–H groups in total. The molecular formula is C11H14ClNO2. The Balaban J connectivity index is 2.74. The molecule has 4 heteroatoms. The molecule has 1 aromatic rings. The van der Waals surface area contributed by atoms with Crippen molar-refractivity contribution in [3.8, 4) is 0 Å². The van der Waals surface area contributed by atoms with Crippen LogP contribution in [-0.2, 0) is 0 Å². The van der Waals surface area contributed by atoms with E-state index in [4.69, 9.17) is 16.7 Å². The summed E-state index contributed by atoms with van der Waals surface area (Å²) in [6, 6.07) is 5.08. The average molecular weight is 228 g/mol. The van der Waals surface area contributed by atoms with E-state index in [0.717, 1.165) is 5.56 Å². The average Bonchev–Trinajstić information content (AvgIpc) is 2.14. The third kappa shape index (κ3) is 3.53. The number of aliphatic hydroxyl groups excluding tert-OH is 1. The molecule has 0 spiro atoms. The fourth-order valence-corrected chi connectivity index (χ4v) is 1.44. The Kier molecular flexibility index (Phi) is 4.12. The Labute approximate surface area is 94.1 Å². The second-order valence-electron chi connectivity index (χ2n) is 3.52. The fourth-order valence-electron chi connectivity index (χ4n) is 1.22. The van der Waals surface area contributed by atoms with E-state index in [1.165, 1.54) is 0 Å². The lowest BCUT2D eigenvalue weighted by molar-refractivity contribution is 0.0923. The van der Waals surface area contributed by atoms with E-state index in [1.54, 1.807) is 25.1 Å². The van der Waals surface area contributed by atoms with E-state index in [0.29, 0.717) is 10.6 Å². The van der Waals surface area contributed by atoms with Gasteiger partial charge in [-0.05, 0) is 37.6 Å². The van der Waals surface area contributed by atoms with Crippen LogP contribution in [0.5, 0.6) is 0 Å². The molecule has 0 saturated carbocycles. The van der Waals surface area contributed by atoms with Gasteiger partial charge in [-0.2, -0.15) is 0 Å². The van der Waals surface area contributed by atoms with Crippen molar-refractivity contribution in [2.24, 2.45) is 0 Å². The van der Waals surface area contributed by atoms with Gasteiger partial charge in [-0.25, -0.2) is 0 Å². The molecule has 1 aromatic carbocycles. The van der Waals surface area contributed by atoms with E-state index in [9.17, 15) is 4.79 Å². The number of hydrogen-bond donors (Lipinski definition) is 2. The first kappa shape index (κ1) is 12.0. The summed E-state index contributed by atoms with van der Waals surface area (Å²) < 4.78 is 0. The van der Waals surface area contributed by atoms with Crippen molar-refractivity contribution in [3.05, 3.63) is 34.3 Å². The van der Waals surface area contributed by atoms with E-state index < -0.39 is 6.10 Å². The Morgan fingerprint density at radius 3 is 2.80 bits per heavy atom. The van der Waals surface area contributed by atoms with Gasteiger partial charge in [-0.15, -0.1) is 0 Å². The van der Waals surface area contributed by atoms with Crippen molar-refractivity contribution in [2.75, 3.05) is 6.54 Å².